The van der Waals surface area contributed by atoms with Crippen molar-refractivity contribution >= 4 is 5.91 Å². The van der Waals surface area contributed by atoms with E-state index in [9.17, 15) is 4.79 Å². The molecule has 0 unspecified atom stereocenters. The van der Waals surface area contributed by atoms with E-state index in [1.165, 1.54) is 0 Å². The molecule has 0 aliphatic carbocycles. The van der Waals surface area contributed by atoms with Gasteiger partial charge in [-0.05, 0) is 43.5 Å². The molecule has 1 amide bonds. The standard InChI is InChI=1S/C17H21N3O2/c1-12-10-16(19(2)18-12)17(21)20-9-5-8-15(20)13-6-4-7-14(11-13)22-3/h4,6-7,10-11,15H,5,8-9H2,1-3H3/t15-/m0/s1. The molecule has 1 aliphatic heterocycles. The van der Waals surface area contributed by atoms with Gasteiger partial charge in [-0.15, -0.1) is 0 Å². The highest BCUT2D eigenvalue weighted by atomic mass is 16.5. The Morgan fingerprint density at radius 3 is 2.86 bits per heavy atom. The maximum Gasteiger partial charge on any atom is 0.272 e. The largest absolute Gasteiger partial charge is 0.497 e. The Kier molecular flexibility index (Phi) is 3.88. The number of ether oxygens (including phenoxy) is 1. The molecule has 1 fully saturated rings. The maximum atomic E-state index is 12.9. The molecule has 5 heteroatoms. The van der Waals surface area contributed by atoms with Gasteiger partial charge in [0.25, 0.3) is 5.91 Å². The highest BCUT2D eigenvalue weighted by Gasteiger charge is 2.32. The lowest BCUT2D eigenvalue weighted by atomic mass is 10.0. The van der Waals surface area contributed by atoms with Gasteiger partial charge in [0.2, 0.25) is 0 Å². The summed E-state index contributed by atoms with van der Waals surface area (Å²) in [7, 11) is 3.48. The SMILES string of the molecule is COc1cccc([C@@H]2CCCN2C(=O)c2cc(C)nn2C)c1. The average Bonchev–Trinajstić information content (AvgIpc) is 3.13. The molecule has 0 spiro atoms. The molecular formula is C17H21N3O2. The van der Waals surface area contributed by atoms with E-state index in [2.05, 4.69) is 11.2 Å². The van der Waals surface area contributed by atoms with Crippen LogP contribution in [0.5, 0.6) is 5.75 Å². The van der Waals surface area contributed by atoms with E-state index in [-0.39, 0.29) is 11.9 Å². The second-order valence-corrected chi connectivity index (χ2v) is 5.73. The molecule has 2 heterocycles. The minimum absolute atomic E-state index is 0.0495. The smallest absolute Gasteiger partial charge is 0.272 e. The first-order valence-corrected chi connectivity index (χ1v) is 7.55. The van der Waals surface area contributed by atoms with Gasteiger partial charge in [0, 0.05) is 13.6 Å². The van der Waals surface area contributed by atoms with Crippen LogP contribution in [0.15, 0.2) is 30.3 Å². The predicted octanol–water partition coefficient (Wildman–Crippen LogP) is 2.71. The number of nitrogens with zero attached hydrogens (tertiary/aromatic N) is 3. The third-order valence-corrected chi connectivity index (χ3v) is 4.21. The lowest BCUT2D eigenvalue weighted by molar-refractivity contribution is 0.0724. The average molecular weight is 299 g/mol. The van der Waals surface area contributed by atoms with Crippen molar-refractivity contribution < 1.29 is 9.53 Å². The summed E-state index contributed by atoms with van der Waals surface area (Å²) >= 11 is 0. The number of likely N-dealkylation sites (tertiary alicyclic amines) is 1. The van der Waals surface area contributed by atoms with Crippen molar-refractivity contribution in [3.05, 3.63) is 47.3 Å². The molecule has 1 aliphatic rings. The van der Waals surface area contributed by atoms with Crippen LogP contribution in [0.1, 0.15) is 40.6 Å². The Labute approximate surface area is 130 Å². The number of hydrogen-bond donors (Lipinski definition) is 0. The third kappa shape index (κ3) is 2.58. The molecule has 1 aromatic heterocycles. The highest BCUT2D eigenvalue weighted by molar-refractivity contribution is 5.93. The zero-order valence-electron chi connectivity index (χ0n) is 13.2. The summed E-state index contributed by atoms with van der Waals surface area (Å²) in [6.45, 7) is 2.69. The Hall–Kier alpha value is -2.30. The molecule has 2 aromatic rings. The number of rotatable bonds is 3. The van der Waals surface area contributed by atoms with E-state index in [1.54, 1.807) is 11.8 Å². The molecule has 3 rings (SSSR count). The Balaban J connectivity index is 1.89. The lowest BCUT2D eigenvalue weighted by Crippen LogP contribution is -2.32. The second-order valence-electron chi connectivity index (χ2n) is 5.73. The molecule has 0 saturated carbocycles. The molecule has 5 nitrogen and oxygen atoms in total. The number of methoxy groups -OCH3 is 1. The molecular weight excluding hydrogens is 278 g/mol. The molecule has 0 N–H and O–H groups in total. The van der Waals surface area contributed by atoms with Crippen molar-refractivity contribution in [2.45, 2.75) is 25.8 Å². The van der Waals surface area contributed by atoms with Crippen molar-refractivity contribution in [2.24, 2.45) is 7.05 Å². The zero-order chi connectivity index (χ0) is 15.7. The van der Waals surface area contributed by atoms with Crippen molar-refractivity contribution in [2.75, 3.05) is 13.7 Å². The number of hydrogen-bond acceptors (Lipinski definition) is 3. The molecule has 1 aromatic carbocycles. The summed E-state index contributed by atoms with van der Waals surface area (Å²) < 4.78 is 6.96. The van der Waals surface area contributed by atoms with Gasteiger partial charge in [-0.25, -0.2) is 0 Å². The number of amides is 1. The Morgan fingerprint density at radius 1 is 1.36 bits per heavy atom. The fourth-order valence-corrected chi connectivity index (χ4v) is 3.16. The predicted molar refractivity (Wildman–Crippen MR) is 84.0 cm³/mol. The zero-order valence-corrected chi connectivity index (χ0v) is 13.2. The van der Waals surface area contributed by atoms with Crippen LogP contribution in [-0.2, 0) is 7.05 Å². The summed E-state index contributed by atoms with van der Waals surface area (Å²) in [5.41, 5.74) is 2.64. The summed E-state index contributed by atoms with van der Waals surface area (Å²) in [5.74, 6) is 0.876. The van der Waals surface area contributed by atoms with E-state index >= 15 is 0 Å². The maximum absolute atomic E-state index is 12.9. The van der Waals surface area contributed by atoms with Gasteiger partial charge in [0.1, 0.15) is 11.4 Å². The monoisotopic (exact) mass is 299 g/mol. The van der Waals surface area contributed by atoms with Gasteiger partial charge < -0.3 is 9.64 Å². The van der Waals surface area contributed by atoms with Crippen LogP contribution in [0.2, 0.25) is 0 Å². The summed E-state index contributed by atoms with van der Waals surface area (Å²) in [4.78, 5) is 14.8. The van der Waals surface area contributed by atoms with E-state index in [1.807, 2.05) is 43.1 Å². The van der Waals surface area contributed by atoms with Crippen LogP contribution in [0.25, 0.3) is 0 Å². The van der Waals surface area contributed by atoms with Crippen molar-refractivity contribution in [1.82, 2.24) is 14.7 Å². The second kappa shape index (κ2) is 5.83. The summed E-state index contributed by atoms with van der Waals surface area (Å²) in [6.07, 6.45) is 2.00. The fourth-order valence-electron chi connectivity index (χ4n) is 3.16. The van der Waals surface area contributed by atoms with Crippen LogP contribution in [0.4, 0.5) is 0 Å². The van der Waals surface area contributed by atoms with E-state index < -0.39 is 0 Å². The van der Waals surface area contributed by atoms with Gasteiger partial charge in [-0.1, -0.05) is 12.1 Å². The van der Waals surface area contributed by atoms with E-state index in [4.69, 9.17) is 4.74 Å². The van der Waals surface area contributed by atoms with E-state index in [0.717, 1.165) is 36.4 Å². The Bertz CT molecular complexity index is 693. The van der Waals surface area contributed by atoms with Crippen LogP contribution in [0.3, 0.4) is 0 Å². The van der Waals surface area contributed by atoms with Gasteiger partial charge in [0.15, 0.2) is 0 Å². The Morgan fingerprint density at radius 2 is 2.18 bits per heavy atom. The number of carbonyl (C=O) groups is 1. The number of aryl methyl sites for hydroxylation is 2. The number of benzene rings is 1. The van der Waals surface area contributed by atoms with Crippen molar-refractivity contribution in [1.29, 1.82) is 0 Å². The van der Waals surface area contributed by atoms with Crippen LogP contribution < -0.4 is 4.74 Å². The summed E-state index contributed by atoms with van der Waals surface area (Å²) in [5, 5.41) is 4.28. The van der Waals surface area contributed by atoms with Crippen molar-refractivity contribution in [3.63, 3.8) is 0 Å². The lowest BCUT2D eigenvalue weighted by Gasteiger charge is -2.25. The molecule has 116 valence electrons. The normalized spacial score (nSPS) is 17.8. The molecule has 0 bridgehead atoms. The van der Waals surface area contributed by atoms with E-state index in [0.29, 0.717) is 5.69 Å². The van der Waals surface area contributed by atoms with Gasteiger partial charge in [0.05, 0.1) is 18.8 Å². The molecule has 1 atom stereocenters. The molecule has 0 radical (unpaired) electrons. The fraction of sp³-hybridized carbons (Fsp3) is 0.412. The van der Waals surface area contributed by atoms with Gasteiger partial charge in [-0.2, -0.15) is 5.10 Å². The quantitative estimate of drug-likeness (QED) is 0.875. The van der Waals surface area contributed by atoms with Crippen molar-refractivity contribution in [3.8, 4) is 5.75 Å². The van der Waals surface area contributed by atoms with Crippen LogP contribution >= 0.6 is 0 Å². The number of carbonyl (C=O) groups excluding carboxylic acids is 1. The minimum Gasteiger partial charge on any atom is -0.497 e. The molecule has 22 heavy (non-hydrogen) atoms. The highest BCUT2D eigenvalue weighted by Crippen LogP contribution is 2.34. The summed E-state index contributed by atoms with van der Waals surface area (Å²) in [6, 6.07) is 9.94. The third-order valence-electron chi connectivity index (χ3n) is 4.21. The number of aromatic nitrogens is 2. The van der Waals surface area contributed by atoms with Gasteiger partial charge >= 0.3 is 0 Å². The minimum atomic E-state index is 0.0495. The first-order chi connectivity index (χ1) is 10.6. The first-order valence-electron chi connectivity index (χ1n) is 7.55. The van der Waals surface area contributed by atoms with Crippen LogP contribution in [-0.4, -0.2) is 34.2 Å². The topological polar surface area (TPSA) is 47.4 Å². The molecule has 1 saturated heterocycles. The van der Waals surface area contributed by atoms with Gasteiger partial charge in [-0.3, -0.25) is 9.48 Å². The first kappa shape index (κ1) is 14.6. The van der Waals surface area contributed by atoms with Crippen LogP contribution in [0, 0.1) is 6.92 Å².